The van der Waals surface area contributed by atoms with Crippen molar-refractivity contribution in [2.24, 2.45) is 0 Å². The van der Waals surface area contributed by atoms with Crippen LogP contribution in [0.5, 0.6) is 17.2 Å². The Morgan fingerprint density at radius 1 is 1.13 bits per heavy atom. The maximum Gasteiger partial charge on any atom is 0.202 e. The highest BCUT2D eigenvalue weighted by Gasteiger charge is 2.16. The number of carbonyl (C=O) groups excluding carboxylic acids is 1. The fourth-order valence-electron chi connectivity index (χ4n) is 1.29. The predicted octanol–water partition coefficient (Wildman–Crippen LogP) is 0.319. The number of benzene rings is 1. The van der Waals surface area contributed by atoms with Crippen molar-refractivity contribution in [1.82, 2.24) is 0 Å². The van der Waals surface area contributed by atoms with Gasteiger partial charge in [0.25, 0.3) is 0 Å². The van der Waals surface area contributed by atoms with Crippen LogP contribution in [-0.2, 0) is 0 Å². The Bertz CT molecular complexity index is 376. The van der Waals surface area contributed by atoms with Crippen molar-refractivity contribution in [3.05, 3.63) is 11.6 Å². The summed E-state index contributed by atoms with van der Waals surface area (Å²) in [5.41, 5.74) is 0.551. The third-order valence-electron chi connectivity index (χ3n) is 2.03. The van der Waals surface area contributed by atoms with Crippen molar-refractivity contribution >= 4 is 19.6 Å². The zero-order valence-corrected chi connectivity index (χ0v) is 8.87. The molecule has 0 N–H and O–H groups in total. The molecular weight excluding hydrogens is 195 g/mol. The van der Waals surface area contributed by atoms with Crippen LogP contribution in [0.15, 0.2) is 6.07 Å². The van der Waals surface area contributed by atoms with Crippen LogP contribution >= 0.6 is 0 Å². The summed E-state index contributed by atoms with van der Waals surface area (Å²) in [6.07, 6.45) is 0.639. The summed E-state index contributed by atoms with van der Waals surface area (Å²) in [6, 6.07) is 1.50. The molecule has 0 saturated heterocycles. The van der Waals surface area contributed by atoms with Gasteiger partial charge < -0.3 is 14.2 Å². The second kappa shape index (κ2) is 4.73. The van der Waals surface area contributed by atoms with Gasteiger partial charge in [-0.3, -0.25) is 4.79 Å². The number of aldehydes is 1. The Kier molecular flexibility index (Phi) is 3.60. The molecule has 0 amide bonds. The monoisotopic (exact) mass is 206 g/mol. The fraction of sp³-hybridized carbons (Fsp3) is 0.300. The molecule has 15 heavy (non-hydrogen) atoms. The first kappa shape index (κ1) is 11.4. The zero-order chi connectivity index (χ0) is 11.4. The first-order valence-corrected chi connectivity index (χ1v) is 4.23. The molecule has 0 aliphatic heterocycles. The Morgan fingerprint density at radius 3 is 2.13 bits per heavy atom. The van der Waals surface area contributed by atoms with Crippen LogP contribution < -0.4 is 19.7 Å². The smallest absolute Gasteiger partial charge is 0.202 e. The van der Waals surface area contributed by atoms with E-state index in [-0.39, 0.29) is 5.46 Å². The number of hydrogen-bond acceptors (Lipinski definition) is 4. The summed E-state index contributed by atoms with van der Waals surface area (Å²) < 4.78 is 15.2. The molecule has 1 aromatic carbocycles. The molecule has 0 aliphatic carbocycles. The van der Waals surface area contributed by atoms with Gasteiger partial charge in [0, 0.05) is 5.56 Å². The SMILES string of the molecule is [B]c1c(C=O)cc(OC)c(OC)c1OC. The van der Waals surface area contributed by atoms with Crippen molar-refractivity contribution in [3.8, 4) is 17.2 Å². The Morgan fingerprint density at radius 2 is 1.73 bits per heavy atom. The average Bonchev–Trinajstić information content (AvgIpc) is 2.28. The average molecular weight is 206 g/mol. The normalized spacial score (nSPS) is 9.53. The molecule has 2 radical (unpaired) electrons. The highest BCUT2D eigenvalue weighted by atomic mass is 16.5. The van der Waals surface area contributed by atoms with E-state index in [1.165, 1.54) is 27.4 Å². The van der Waals surface area contributed by atoms with Gasteiger partial charge in [-0.25, -0.2) is 0 Å². The largest absolute Gasteiger partial charge is 0.493 e. The van der Waals surface area contributed by atoms with Crippen LogP contribution in [0.4, 0.5) is 0 Å². The van der Waals surface area contributed by atoms with Crippen molar-refractivity contribution in [2.75, 3.05) is 21.3 Å². The van der Waals surface area contributed by atoms with Gasteiger partial charge >= 0.3 is 0 Å². The molecule has 4 nitrogen and oxygen atoms in total. The maximum atomic E-state index is 10.7. The summed E-state index contributed by atoms with van der Waals surface area (Å²) in [5.74, 6) is 1.09. The van der Waals surface area contributed by atoms with Crippen LogP contribution in [0.2, 0.25) is 0 Å². The molecule has 0 atom stereocenters. The van der Waals surface area contributed by atoms with Gasteiger partial charge in [0.05, 0.1) is 21.3 Å². The van der Waals surface area contributed by atoms with E-state index >= 15 is 0 Å². The molecular formula is C10H11BO4. The zero-order valence-electron chi connectivity index (χ0n) is 8.87. The lowest BCUT2D eigenvalue weighted by Gasteiger charge is -2.15. The van der Waals surface area contributed by atoms with Crippen molar-refractivity contribution in [2.45, 2.75) is 0 Å². The van der Waals surface area contributed by atoms with E-state index < -0.39 is 0 Å². The van der Waals surface area contributed by atoms with Crippen LogP contribution in [0.25, 0.3) is 0 Å². The molecule has 0 aromatic heterocycles. The minimum Gasteiger partial charge on any atom is -0.493 e. The van der Waals surface area contributed by atoms with Gasteiger partial charge in [-0.2, -0.15) is 0 Å². The topological polar surface area (TPSA) is 44.8 Å². The van der Waals surface area contributed by atoms with E-state index in [1.54, 1.807) is 0 Å². The lowest BCUT2D eigenvalue weighted by Crippen LogP contribution is -2.15. The summed E-state index contributed by atoms with van der Waals surface area (Å²) in [4.78, 5) is 10.7. The highest BCUT2D eigenvalue weighted by Crippen LogP contribution is 2.35. The molecule has 0 unspecified atom stereocenters. The van der Waals surface area contributed by atoms with Crippen LogP contribution in [0, 0.1) is 0 Å². The van der Waals surface area contributed by atoms with Crippen LogP contribution in [-0.4, -0.2) is 35.5 Å². The van der Waals surface area contributed by atoms with Crippen molar-refractivity contribution in [1.29, 1.82) is 0 Å². The lowest BCUT2D eigenvalue weighted by molar-refractivity contribution is 0.112. The summed E-state index contributed by atoms with van der Waals surface area (Å²) in [5, 5.41) is 0. The van der Waals surface area contributed by atoms with E-state index in [0.717, 1.165) is 0 Å². The van der Waals surface area contributed by atoms with E-state index in [0.29, 0.717) is 29.1 Å². The number of ether oxygens (including phenoxy) is 3. The fourth-order valence-corrected chi connectivity index (χ4v) is 1.29. The molecule has 1 aromatic rings. The van der Waals surface area contributed by atoms with Crippen LogP contribution in [0.3, 0.4) is 0 Å². The van der Waals surface area contributed by atoms with Gasteiger partial charge in [-0.1, -0.05) is 0 Å². The second-order valence-electron chi connectivity index (χ2n) is 2.77. The van der Waals surface area contributed by atoms with Gasteiger partial charge in [0.15, 0.2) is 11.5 Å². The van der Waals surface area contributed by atoms with E-state index in [4.69, 9.17) is 22.1 Å². The van der Waals surface area contributed by atoms with Crippen molar-refractivity contribution in [3.63, 3.8) is 0 Å². The van der Waals surface area contributed by atoms with E-state index in [1.807, 2.05) is 0 Å². The third-order valence-corrected chi connectivity index (χ3v) is 2.03. The Labute approximate surface area is 89.5 Å². The van der Waals surface area contributed by atoms with Crippen molar-refractivity contribution < 1.29 is 19.0 Å². The molecule has 0 aliphatic rings. The molecule has 0 heterocycles. The molecule has 0 saturated carbocycles. The van der Waals surface area contributed by atoms with Gasteiger partial charge in [-0.05, 0) is 11.5 Å². The molecule has 1 rings (SSSR count). The molecule has 0 spiro atoms. The first-order valence-electron chi connectivity index (χ1n) is 4.23. The summed E-state index contributed by atoms with van der Waals surface area (Å²) in [7, 11) is 10.1. The van der Waals surface area contributed by atoms with E-state index in [2.05, 4.69) is 0 Å². The van der Waals surface area contributed by atoms with Gasteiger partial charge in [-0.15, -0.1) is 0 Å². The van der Waals surface area contributed by atoms with Gasteiger partial charge in [0.1, 0.15) is 14.1 Å². The standard InChI is InChI=1S/C10H11BO4/c1-13-7-4-6(5-12)8(11)10(15-3)9(7)14-2/h4-5H,1-3H3. The predicted molar refractivity (Wildman–Crippen MR) is 56.9 cm³/mol. The summed E-state index contributed by atoms with van der Waals surface area (Å²) in [6.45, 7) is 0. The molecule has 5 heteroatoms. The summed E-state index contributed by atoms with van der Waals surface area (Å²) >= 11 is 0. The molecule has 78 valence electrons. The lowest BCUT2D eigenvalue weighted by atomic mass is 9.89. The highest BCUT2D eigenvalue weighted by molar-refractivity contribution is 6.37. The number of carbonyl (C=O) groups is 1. The first-order chi connectivity index (χ1) is 7.19. The molecule has 0 fully saturated rings. The third kappa shape index (κ3) is 1.91. The minimum absolute atomic E-state index is 0.241. The van der Waals surface area contributed by atoms with Crippen LogP contribution in [0.1, 0.15) is 10.4 Å². The minimum atomic E-state index is 0.241. The number of hydrogen-bond donors (Lipinski definition) is 0. The van der Waals surface area contributed by atoms with Gasteiger partial charge in [0.2, 0.25) is 5.75 Å². The number of methoxy groups -OCH3 is 3. The quantitative estimate of drug-likeness (QED) is 0.525. The molecule has 0 bridgehead atoms. The Hall–Kier alpha value is -1.65. The Balaban J connectivity index is 3.49. The maximum absolute atomic E-state index is 10.7. The van der Waals surface area contributed by atoms with E-state index in [9.17, 15) is 4.79 Å². The second-order valence-corrected chi connectivity index (χ2v) is 2.77. The number of rotatable bonds is 4.